The molecule has 0 unspecified atom stereocenters. The SMILES string of the molecule is Cc1cc(C(=O)Nc2ccc(C(=O)O)cc2Br)ccc1N. The number of aromatic carboxylic acids is 1. The summed E-state index contributed by atoms with van der Waals surface area (Å²) in [6, 6.07) is 9.41. The molecule has 0 spiro atoms. The van der Waals surface area contributed by atoms with Crippen molar-refractivity contribution in [3.8, 4) is 0 Å². The number of nitrogens with one attached hydrogen (secondary N) is 1. The Bertz CT molecular complexity index is 729. The molecule has 2 aromatic rings. The highest BCUT2D eigenvalue weighted by Gasteiger charge is 2.11. The third kappa shape index (κ3) is 3.41. The monoisotopic (exact) mass is 348 g/mol. The first-order valence-electron chi connectivity index (χ1n) is 6.09. The predicted octanol–water partition coefficient (Wildman–Crippen LogP) is 3.29. The summed E-state index contributed by atoms with van der Waals surface area (Å²) in [6.07, 6.45) is 0. The van der Waals surface area contributed by atoms with Gasteiger partial charge in [0.15, 0.2) is 0 Å². The van der Waals surface area contributed by atoms with Crippen molar-refractivity contribution in [1.82, 2.24) is 0 Å². The molecule has 6 heteroatoms. The van der Waals surface area contributed by atoms with Crippen LogP contribution in [-0.4, -0.2) is 17.0 Å². The molecular formula is C15H13BrN2O3. The second-order valence-corrected chi connectivity index (χ2v) is 5.38. The maximum absolute atomic E-state index is 12.2. The average molecular weight is 349 g/mol. The maximum atomic E-state index is 12.2. The zero-order chi connectivity index (χ0) is 15.6. The van der Waals surface area contributed by atoms with E-state index in [-0.39, 0.29) is 11.5 Å². The standard InChI is InChI=1S/C15H13BrN2O3/c1-8-6-9(2-4-12(8)17)14(19)18-13-5-3-10(15(20)21)7-11(13)16/h2-7H,17H2,1H3,(H,18,19)(H,20,21). The normalized spacial score (nSPS) is 10.2. The summed E-state index contributed by atoms with van der Waals surface area (Å²) in [6.45, 7) is 1.82. The lowest BCUT2D eigenvalue weighted by atomic mass is 10.1. The Kier molecular flexibility index (Phi) is 4.28. The number of carboxylic acid groups (broad SMARTS) is 1. The Balaban J connectivity index is 2.23. The van der Waals surface area contributed by atoms with Crippen molar-refractivity contribution in [1.29, 1.82) is 0 Å². The fraction of sp³-hybridized carbons (Fsp3) is 0.0667. The minimum Gasteiger partial charge on any atom is -0.478 e. The summed E-state index contributed by atoms with van der Waals surface area (Å²) >= 11 is 3.24. The molecule has 0 saturated carbocycles. The van der Waals surface area contributed by atoms with Gasteiger partial charge in [-0.3, -0.25) is 4.79 Å². The van der Waals surface area contributed by atoms with Gasteiger partial charge in [0.2, 0.25) is 0 Å². The van der Waals surface area contributed by atoms with Crippen LogP contribution in [0.4, 0.5) is 11.4 Å². The minimum absolute atomic E-state index is 0.142. The second kappa shape index (κ2) is 5.97. The number of carboxylic acids is 1. The van der Waals surface area contributed by atoms with Crippen molar-refractivity contribution in [2.24, 2.45) is 0 Å². The molecule has 5 nitrogen and oxygen atoms in total. The number of rotatable bonds is 3. The molecule has 0 bridgehead atoms. The summed E-state index contributed by atoms with van der Waals surface area (Å²) in [5, 5.41) is 11.6. The molecule has 21 heavy (non-hydrogen) atoms. The van der Waals surface area contributed by atoms with Gasteiger partial charge in [-0.15, -0.1) is 0 Å². The number of benzene rings is 2. The molecule has 0 aromatic heterocycles. The highest BCUT2D eigenvalue weighted by atomic mass is 79.9. The Morgan fingerprint density at radius 1 is 1.14 bits per heavy atom. The van der Waals surface area contributed by atoms with E-state index in [9.17, 15) is 9.59 Å². The Labute approximate surface area is 129 Å². The van der Waals surface area contributed by atoms with Gasteiger partial charge in [0.05, 0.1) is 11.3 Å². The topological polar surface area (TPSA) is 92.4 Å². The molecule has 0 saturated heterocycles. The number of halogens is 1. The molecule has 2 rings (SSSR count). The van der Waals surface area contributed by atoms with E-state index in [2.05, 4.69) is 21.2 Å². The first-order valence-corrected chi connectivity index (χ1v) is 6.88. The number of amides is 1. The first kappa shape index (κ1) is 15.1. The van der Waals surface area contributed by atoms with Gasteiger partial charge in [0.1, 0.15) is 0 Å². The Hall–Kier alpha value is -2.34. The molecule has 0 radical (unpaired) electrons. The third-order valence-corrected chi connectivity index (χ3v) is 3.65. The summed E-state index contributed by atoms with van der Waals surface area (Å²) in [5.41, 5.74) is 8.29. The van der Waals surface area contributed by atoms with Gasteiger partial charge in [-0.2, -0.15) is 0 Å². The highest BCUT2D eigenvalue weighted by Crippen LogP contribution is 2.24. The minimum atomic E-state index is -1.03. The van der Waals surface area contributed by atoms with Gasteiger partial charge >= 0.3 is 5.97 Å². The predicted molar refractivity (Wildman–Crippen MR) is 84.6 cm³/mol. The fourth-order valence-electron chi connectivity index (χ4n) is 1.76. The smallest absolute Gasteiger partial charge is 0.335 e. The number of nitrogen functional groups attached to an aromatic ring is 1. The van der Waals surface area contributed by atoms with E-state index in [4.69, 9.17) is 10.8 Å². The number of nitrogens with two attached hydrogens (primary N) is 1. The second-order valence-electron chi connectivity index (χ2n) is 4.53. The van der Waals surface area contributed by atoms with Crippen LogP contribution in [0, 0.1) is 6.92 Å². The number of hydrogen-bond acceptors (Lipinski definition) is 3. The molecule has 4 N–H and O–H groups in total. The first-order chi connectivity index (χ1) is 9.88. The lowest BCUT2D eigenvalue weighted by Gasteiger charge is -2.09. The summed E-state index contributed by atoms with van der Waals surface area (Å²) < 4.78 is 0.503. The molecule has 1 amide bonds. The molecule has 2 aromatic carbocycles. The van der Waals surface area contributed by atoms with E-state index < -0.39 is 5.97 Å². The van der Waals surface area contributed by atoms with Crippen LogP contribution in [0.1, 0.15) is 26.3 Å². The average Bonchev–Trinajstić information content (AvgIpc) is 2.43. The maximum Gasteiger partial charge on any atom is 0.335 e. The molecule has 0 aliphatic carbocycles. The van der Waals surface area contributed by atoms with Crippen LogP contribution in [0.2, 0.25) is 0 Å². The van der Waals surface area contributed by atoms with E-state index in [1.165, 1.54) is 18.2 Å². The lowest BCUT2D eigenvalue weighted by molar-refractivity contribution is 0.0696. The third-order valence-electron chi connectivity index (χ3n) is 3.00. The van der Waals surface area contributed by atoms with Crippen LogP contribution < -0.4 is 11.1 Å². The Morgan fingerprint density at radius 3 is 2.38 bits per heavy atom. The largest absolute Gasteiger partial charge is 0.478 e. The summed E-state index contributed by atoms with van der Waals surface area (Å²) in [4.78, 5) is 23.0. The molecule has 0 heterocycles. The Morgan fingerprint density at radius 2 is 1.81 bits per heavy atom. The van der Waals surface area contributed by atoms with Crippen LogP contribution in [0.15, 0.2) is 40.9 Å². The fourth-order valence-corrected chi connectivity index (χ4v) is 2.24. The van der Waals surface area contributed by atoms with E-state index in [0.29, 0.717) is 21.4 Å². The van der Waals surface area contributed by atoms with Gasteiger partial charge in [-0.05, 0) is 64.8 Å². The molecular weight excluding hydrogens is 336 g/mol. The van der Waals surface area contributed by atoms with Crippen molar-refractivity contribution in [3.05, 3.63) is 57.6 Å². The molecule has 0 fully saturated rings. The van der Waals surface area contributed by atoms with E-state index in [0.717, 1.165) is 5.56 Å². The quantitative estimate of drug-likeness (QED) is 0.742. The molecule has 0 aliphatic rings. The number of hydrogen-bond donors (Lipinski definition) is 3. The van der Waals surface area contributed by atoms with Gasteiger partial charge in [0, 0.05) is 15.7 Å². The van der Waals surface area contributed by atoms with Crippen LogP contribution >= 0.6 is 15.9 Å². The van der Waals surface area contributed by atoms with Crippen molar-refractivity contribution in [2.45, 2.75) is 6.92 Å². The van der Waals surface area contributed by atoms with Crippen molar-refractivity contribution in [2.75, 3.05) is 11.1 Å². The zero-order valence-corrected chi connectivity index (χ0v) is 12.8. The van der Waals surface area contributed by atoms with Crippen LogP contribution in [-0.2, 0) is 0 Å². The van der Waals surface area contributed by atoms with Crippen molar-refractivity contribution < 1.29 is 14.7 Å². The summed E-state index contributed by atoms with van der Waals surface area (Å²) in [5.74, 6) is -1.32. The lowest BCUT2D eigenvalue weighted by Crippen LogP contribution is -2.13. The zero-order valence-electron chi connectivity index (χ0n) is 11.2. The van der Waals surface area contributed by atoms with Gasteiger partial charge in [0.25, 0.3) is 5.91 Å². The van der Waals surface area contributed by atoms with Crippen LogP contribution in [0.25, 0.3) is 0 Å². The van der Waals surface area contributed by atoms with Crippen molar-refractivity contribution in [3.63, 3.8) is 0 Å². The van der Waals surface area contributed by atoms with Crippen LogP contribution in [0.3, 0.4) is 0 Å². The van der Waals surface area contributed by atoms with E-state index in [1.54, 1.807) is 18.2 Å². The molecule has 0 aliphatic heterocycles. The van der Waals surface area contributed by atoms with Gasteiger partial charge in [-0.1, -0.05) is 0 Å². The number of carbonyl (C=O) groups is 2. The molecule has 0 atom stereocenters. The number of carbonyl (C=O) groups excluding carboxylic acids is 1. The van der Waals surface area contributed by atoms with E-state index in [1.807, 2.05) is 6.92 Å². The number of anilines is 2. The van der Waals surface area contributed by atoms with Gasteiger partial charge in [-0.25, -0.2) is 4.79 Å². The molecule has 108 valence electrons. The number of aryl methyl sites for hydroxylation is 1. The van der Waals surface area contributed by atoms with Crippen LogP contribution in [0.5, 0.6) is 0 Å². The van der Waals surface area contributed by atoms with Gasteiger partial charge < -0.3 is 16.2 Å². The highest BCUT2D eigenvalue weighted by molar-refractivity contribution is 9.10. The summed E-state index contributed by atoms with van der Waals surface area (Å²) in [7, 11) is 0. The van der Waals surface area contributed by atoms with E-state index >= 15 is 0 Å². The van der Waals surface area contributed by atoms with Crippen molar-refractivity contribution >= 4 is 39.2 Å².